The van der Waals surface area contributed by atoms with Crippen LogP contribution in [0.5, 0.6) is 5.75 Å². The maximum atomic E-state index is 12.4. The molecule has 1 unspecified atom stereocenters. The lowest BCUT2D eigenvalue weighted by Crippen LogP contribution is -2.27. The van der Waals surface area contributed by atoms with Crippen LogP contribution in [-0.2, 0) is 11.3 Å². The van der Waals surface area contributed by atoms with E-state index in [1.807, 2.05) is 31.2 Å². The van der Waals surface area contributed by atoms with Gasteiger partial charge in [-0.15, -0.1) is 13.2 Å². The molecule has 1 aromatic heterocycles. The molecule has 0 saturated carbocycles. The molecule has 1 aliphatic heterocycles. The zero-order chi connectivity index (χ0) is 21.3. The van der Waals surface area contributed by atoms with Gasteiger partial charge in [0.05, 0.1) is 0 Å². The third kappa shape index (κ3) is 4.29. The molecule has 1 atom stereocenters. The molecule has 1 amide bonds. The number of aryl methyl sites for hydroxylation is 1. The lowest BCUT2D eigenvalue weighted by Gasteiger charge is -2.22. The monoisotopic (exact) mass is 417 g/mol. The fraction of sp³-hybridized carbons (Fsp3) is 0.286. The number of rotatable bonds is 5. The second kappa shape index (κ2) is 7.81. The minimum Gasteiger partial charge on any atom is -0.406 e. The molecule has 1 aliphatic rings. The molecule has 0 bridgehead atoms. The number of aromatic nitrogens is 2. The second-order valence-corrected chi connectivity index (χ2v) is 7.04. The van der Waals surface area contributed by atoms with Crippen LogP contribution in [0.3, 0.4) is 0 Å². The number of carbonyl (C=O) groups is 1. The van der Waals surface area contributed by atoms with Gasteiger partial charge in [0.2, 0.25) is 17.6 Å². The number of amides is 1. The fourth-order valence-electron chi connectivity index (χ4n) is 3.49. The molecule has 0 N–H and O–H groups in total. The highest BCUT2D eigenvalue weighted by molar-refractivity contribution is 5.78. The number of ether oxygens (including phenoxy) is 1. The molecule has 0 aliphatic carbocycles. The number of carbonyl (C=O) groups excluding carboxylic acids is 1. The van der Waals surface area contributed by atoms with Crippen molar-refractivity contribution in [2.45, 2.75) is 38.7 Å². The van der Waals surface area contributed by atoms with Crippen molar-refractivity contribution in [3.63, 3.8) is 0 Å². The summed E-state index contributed by atoms with van der Waals surface area (Å²) in [6.07, 6.45) is -3.88. The van der Waals surface area contributed by atoms with E-state index >= 15 is 0 Å². The van der Waals surface area contributed by atoms with E-state index < -0.39 is 6.36 Å². The van der Waals surface area contributed by atoms with E-state index in [-0.39, 0.29) is 24.2 Å². The van der Waals surface area contributed by atoms with Gasteiger partial charge in [-0.1, -0.05) is 41.6 Å². The van der Waals surface area contributed by atoms with E-state index in [0.29, 0.717) is 30.1 Å². The summed E-state index contributed by atoms with van der Waals surface area (Å²) < 4.78 is 46.3. The molecule has 3 aromatic rings. The summed E-state index contributed by atoms with van der Waals surface area (Å²) in [6, 6.07) is 12.7. The highest BCUT2D eigenvalue weighted by atomic mass is 19.4. The average Bonchev–Trinajstić information content (AvgIpc) is 3.30. The van der Waals surface area contributed by atoms with E-state index in [9.17, 15) is 18.0 Å². The first-order valence-corrected chi connectivity index (χ1v) is 9.34. The van der Waals surface area contributed by atoms with Gasteiger partial charge in [0.15, 0.2) is 0 Å². The van der Waals surface area contributed by atoms with Gasteiger partial charge in [-0.2, -0.15) is 4.98 Å². The number of halogens is 3. The zero-order valence-electron chi connectivity index (χ0n) is 16.0. The predicted molar refractivity (Wildman–Crippen MR) is 100 cm³/mol. The van der Waals surface area contributed by atoms with Gasteiger partial charge in [-0.3, -0.25) is 4.79 Å². The smallest absolute Gasteiger partial charge is 0.406 e. The second-order valence-electron chi connectivity index (χ2n) is 7.04. The third-order valence-electron chi connectivity index (χ3n) is 4.95. The van der Waals surface area contributed by atoms with Crippen LogP contribution in [0.2, 0.25) is 0 Å². The molecule has 1 fully saturated rings. The van der Waals surface area contributed by atoms with E-state index in [0.717, 1.165) is 11.1 Å². The van der Waals surface area contributed by atoms with Crippen molar-refractivity contribution in [3.05, 3.63) is 65.5 Å². The fourth-order valence-corrected chi connectivity index (χ4v) is 3.49. The lowest BCUT2D eigenvalue weighted by atomic mass is 10.1. The highest BCUT2D eigenvalue weighted by Gasteiger charge is 2.36. The lowest BCUT2D eigenvalue weighted by molar-refractivity contribution is -0.274. The molecule has 1 saturated heterocycles. The Morgan fingerprint density at radius 2 is 1.90 bits per heavy atom. The molecule has 4 rings (SSSR count). The molecule has 0 spiro atoms. The van der Waals surface area contributed by atoms with Crippen LogP contribution in [-0.4, -0.2) is 27.3 Å². The molecule has 9 heteroatoms. The van der Waals surface area contributed by atoms with Gasteiger partial charge in [-0.05, 0) is 36.6 Å². The van der Waals surface area contributed by atoms with Crippen molar-refractivity contribution in [3.8, 4) is 17.1 Å². The SMILES string of the molecule is Cc1ccccc1-c1noc(C2CCC(=O)N2Cc2ccc(OC(F)(F)F)cc2)n1. The van der Waals surface area contributed by atoms with Crippen molar-refractivity contribution in [1.29, 1.82) is 0 Å². The number of hydrogen-bond acceptors (Lipinski definition) is 5. The standard InChI is InChI=1S/C21H18F3N3O3/c1-13-4-2-3-5-16(13)19-25-20(30-26-19)17-10-11-18(28)27(17)12-14-6-8-15(9-7-14)29-21(22,23)24/h2-9,17H,10-12H2,1H3. The van der Waals surface area contributed by atoms with Gasteiger partial charge in [0.1, 0.15) is 11.8 Å². The summed E-state index contributed by atoms with van der Waals surface area (Å²) in [5, 5.41) is 4.06. The molecule has 156 valence electrons. The van der Waals surface area contributed by atoms with Gasteiger partial charge in [0.25, 0.3) is 0 Å². The molecule has 2 heterocycles. The number of likely N-dealkylation sites (tertiary alicyclic amines) is 1. The first-order valence-electron chi connectivity index (χ1n) is 9.34. The van der Waals surface area contributed by atoms with Crippen molar-refractivity contribution >= 4 is 5.91 Å². The number of hydrogen-bond donors (Lipinski definition) is 0. The van der Waals surface area contributed by atoms with Gasteiger partial charge < -0.3 is 14.2 Å². The largest absolute Gasteiger partial charge is 0.573 e. The summed E-state index contributed by atoms with van der Waals surface area (Å²) >= 11 is 0. The Morgan fingerprint density at radius 1 is 1.17 bits per heavy atom. The summed E-state index contributed by atoms with van der Waals surface area (Å²) in [4.78, 5) is 18.5. The maximum absolute atomic E-state index is 12.4. The summed E-state index contributed by atoms with van der Waals surface area (Å²) in [7, 11) is 0. The Labute approximate surface area is 170 Å². The summed E-state index contributed by atoms with van der Waals surface area (Å²) in [5.41, 5.74) is 2.53. The molecular formula is C21H18F3N3O3. The Kier molecular flexibility index (Phi) is 5.19. The highest BCUT2D eigenvalue weighted by Crippen LogP contribution is 2.35. The number of alkyl halides is 3. The first-order chi connectivity index (χ1) is 14.3. The van der Waals surface area contributed by atoms with Crippen molar-refractivity contribution in [2.75, 3.05) is 0 Å². The van der Waals surface area contributed by atoms with E-state index in [1.165, 1.54) is 24.3 Å². The topological polar surface area (TPSA) is 68.5 Å². The van der Waals surface area contributed by atoms with E-state index in [2.05, 4.69) is 14.9 Å². The first kappa shape index (κ1) is 19.9. The van der Waals surface area contributed by atoms with Crippen LogP contribution in [0.4, 0.5) is 13.2 Å². The zero-order valence-corrected chi connectivity index (χ0v) is 16.0. The normalized spacial score (nSPS) is 16.9. The summed E-state index contributed by atoms with van der Waals surface area (Å²) in [5.74, 6) is 0.411. The Morgan fingerprint density at radius 3 is 2.60 bits per heavy atom. The number of benzene rings is 2. The minimum atomic E-state index is -4.75. The minimum absolute atomic E-state index is 0.0775. The molecular weight excluding hydrogens is 399 g/mol. The van der Waals surface area contributed by atoms with Gasteiger partial charge in [-0.25, -0.2) is 0 Å². The van der Waals surface area contributed by atoms with E-state index in [1.54, 1.807) is 4.90 Å². The maximum Gasteiger partial charge on any atom is 0.573 e. The average molecular weight is 417 g/mol. The van der Waals surface area contributed by atoms with Gasteiger partial charge >= 0.3 is 6.36 Å². The molecule has 30 heavy (non-hydrogen) atoms. The Bertz CT molecular complexity index is 1050. The van der Waals surface area contributed by atoms with Crippen LogP contribution >= 0.6 is 0 Å². The molecule has 0 radical (unpaired) electrons. The van der Waals surface area contributed by atoms with Crippen LogP contribution < -0.4 is 4.74 Å². The summed E-state index contributed by atoms with van der Waals surface area (Å²) in [6.45, 7) is 2.17. The number of nitrogens with zero attached hydrogens (tertiary/aromatic N) is 3. The molecule has 2 aromatic carbocycles. The quantitative estimate of drug-likeness (QED) is 0.596. The van der Waals surface area contributed by atoms with Crippen LogP contribution in [0, 0.1) is 6.92 Å². The van der Waals surface area contributed by atoms with Crippen molar-refractivity contribution in [1.82, 2.24) is 15.0 Å². The van der Waals surface area contributed by atoms with Gasteiger partial charge in [0, 0.05) is 18.5 Å². The predicted octanol–water partition coefficient (Wildman–Crippen LogP) is 4.81. The van der Waals surface area contributed by atoms with Crippen LogP contribution in [0.25, 0.3) is 11.4 Å². The Hall–Kier alpha value is -3.36. The van der Waals surface area contributed by atoms with Crippen molar-refractivity contribution < 1.29 is 27.2 Å². The van der Waals surface area contributed by atoms with Crippen LogP contribution in [0.15, 0.2) is 53.1 Å². The Balaban J connectivity index is 1.51. The van der Waals surface area contributed by atoms with E-state index in [4.69, 9.17) is 4.52 Å². The van der Waals surface area contributed by atoms with Crippen LogP contribution in [0.1, 0.15) is 35.9 Å². The third-order valence-corrected chi connectivity index (χ3v) is 4.95. The molecule has 6 nitrogen and oxygen atoms in total. The van der Waals surface area contributed by atoms with Crippen molar-refractivity contribution in [2.24, 2.45) is 0 Å².